The Morgan fingerprint density at radius 3 is 2.55 bits per heavy atom. The second kappa shape index (κ2) is 10.2. The molecular weight excluding hydrogens is 418 g/mol. The van der Waals surface area contributed by atoms with Gasteiger partial charge in [0, 0.05) is 25.3 Å². The van der Waals surface area contributed by atoms with E-state index in [0.717, 1.165) is 37.9 Å². The first kappa shape index (κ1) is 23.0. The topological polar surface area (TPSA) is 79.0 Å². The number of anilines is 1. The minimum atomic E-state index is -0.462. The lowest BCUT2D eigenvalue weighted by Crippen LogP contribution is -2.50. The summed E-state index contributed by atoms with van der Waals surface area (Å²) in [5, 5.41) is 2.86. The second-order valence-corrected chi connectivity index (χ2v) is 8.95. The molecule has 1 fully saturated rings. The number of carbonyl (C=O) groups excluding carboxylic acids is 3. The van der Waals surface area contributed by atoms with Gasteiger partial charge in [-0.05, 0) is 54.5 Å². The van der Waals surface area contributed by atoms with Crippen LogP contribution in [0.15, 0.2) is 48.5 Å². The fourth-order valence-corrected chi connectivity index (χ4v) is 4.71. The van der Waals surface area contributed by atoms with Crippen molar-refractivity contribution in [3.8, 4) is 0 Å². The number of ether oxygens (including phenoxy) is 1. The van der Waals surface area contributed by atoms with Crippen molar-refractivity contribution in [2.45, 2.75) is 32.2 Å². The number of nitrogens with zero attached hydrogens (tertiary/aromatic N) is 2. The standard InChI is InChI=1S/C26H31N3O4/c1-18-10-13-28(14-11-18)25(31)24-22-9-4-3-6-19(22)12-15-29(24)17-23(30)27-21-8-5-7-20(16-21)26(32)33-2/h3-9,16,18,24H,10-15,17H2,1-2H3,(H,27,30)/t24-/m0/s1. The molecule has 7 nitrogen and oxygen atoms in total. The average molecular weight is 450 g/mol. The van der Waals surface area contributed by atoms with Crippen molar-refractivity contribution in [1.29, 1.82) is 0 Å². The highest BCUT2D eigenvalue weighted by molar-refractivity contribution is 5.95. The highest BCUT2D eigenvalue weighted by Crippen LogP contribution is 2.32. The number of esters is 1. The molecule has 1 saturated heterocycles. The molecule has 4 rings (SSSR count). The van der Waals surface area contributed by atoms with Crippen molar-refractivity contribution in [1.82, 2.24) is 9.80 Å². The SMILES string of the molecule is COC(=O)c1cccc(NC(=O)CN2CCc3ccccc3[C@H]2C(=O)N2CCC(C)CC2)c1. The molecular formula is C26H31N3O4. The smallest absolute Gasteiger partial charge is 0.337 e. The van der Waals surface area contributed by atoms with Crippen LogP contribution in [0.1, 0.15) is 47.3 Å². The van der Waals surface area contributed by atoms with Crippen LogP contribution in [0, 0.1) is 5.92 Å². The van der Waals surface area contributed by atoms with Crippen LogP contribution in [0.25, 0.3) is 0 Å². The summed E-state index contributed by atoms with van der Waals surface area (Å²) in [6, 6.07) is 14.2. The number of likely N-dealkylation sites (tertiary alicyclic amines) is 1. The molecule has 0 radical (unpaired) electrons. The molecule has 33 heavy (non-hydrogen) atoms. The molecule has 1 N–H and O–H groups in total. The Labute approximate surface area is 194 Å². The van der Waals surface area contributed by atoms with Gasteiger partial charge in [0.2, 0.25) is 11.8 Å². The molecule has 2 aromatic rings. The maximum Gasteiger partial charge on any atom is 0.337 e. The molecule has 2 amide bonds. The van der Waals surface area contributed by atoms with Crippen LogP contribution in [-0.4, -0.2) is 60.9 Å². The summed E-state index contributed by atoms with van der Waals surface area (Å²) < 4.78 is 4.75. The third-order valence-electron chi connectivity index (χ3n) is 6.63. The fourth-order valence-electron chi connectivity index (χ4n) is 4.71. The van der Waals surface area contributed by atoms with E-state index in [1.54, 1.807) is 24.3 Å². The summed E-state index contributed by atoms with van der Waals surface area (Å²) in [4.78, 5) is 42.3. The van der Waals surface area contributed by atoms with Gasteiger partial charge < -0.3 is 15.0 Å². The summed E-state index contributed by atoms with van der Waals surface area (Å²) in [5.74, 6) is 0.0339. The van der Waals surface area contributed by atoms with Crippen molar-refractivity contribution in [3.63, 3.8) is 0 Å². The number of carbonyl (C=O) groups is 3. The van der Waals surface area contributed by atoms with Crippen LogP contribution in [-0.2, 0) is 20.7 Å². The number of amides is 2. The van der Waals surface area contributed by atoms with Crippen molar-refractivity contribution in [2.24, 2.45) is 5.92 Å². The highest BCUT2D eigenvalue weighted by atomic mass is 16.5. The third-order valence-corrected chi connectivity index (χ3v) is 6.63. The number of hydrogen-bond acceptors (Lipinski definition) is 5. The van der Waals surface area contributed by atoms with Crippen molar-refractivity contribution in [2.75, 3.05) is 38.6 Å². The van der Waals surface area contributed by atoms with Crippen LogP contribution in [0.3, 0.4) is 0 Å². The molecule has 1 atom stereocenters. The zero-order valence-corrected chi connectivity index (χ0v) is 19.3. The first-order valence-corrected chi connectivity index (χ1v) is 11.5. The number of methoxy groups -OCH3 is 1. The zero-order chi connectivity index (χ0) is 23.4. The Bertz CT molecular complexity index is 1030. The Balaban J connectivity index is 1.51. The first-order valence-electron chi connectivity index (χ1n) is 11.5. The van der Waals surface area contributed by atoms with E-state index in [1.165, 1.54) is 12.7 Å². The van der Waals surface area contributed by atoms with Crippen molar-refractivity contribution < 1.29 is 19.1 Å². The summed E-state index contributed by atoms with van der Waals surface area (Å²) in [6.07, 6.45) is 2.82. The second-order valence-electron chi connectivity index (χ2n) is 8.95. The first-order chi connectivity index (χ1) is 16.0. The molecule has 0 saturated carbocycles. The monoisotopic (exact) mass is 449 g/mol. The minimum Gasteiger partial charge on any atom is -0.465 e. The average Bonchev–Trinajstić information content (AvgIpc) is 2.83. The van der Waals surface area contributed by atoms with E-state index in [9.17, 15) is 14.4 Å². The Morgan fingerprint density at radius 2 is 1.79 bits per heavy atom. The van der Waals surface area contributed by atoms with E-state index >= 15 is 0 Å². The zero-order valence-electron chi connectivity index (χ0n) is 19.3. The third kappa shape index (κ3) is 5.25. The van der Waals surface area contributed by atoms with Gasteiger partial charge in [-0.3, -0.25) is 14.5 Å². The van der Waals surface area contributed by atoms with Crippen LogP contribution in [0.2, 0.25) is 0 Å². The molecule has 2 aliphatic heterocycles. The quantitative estimate of drug-likeness (QED) is 0.709. The molecule has 0 bridgehead atoms. The van der Waals surface area contributed by atoms with E-state index in [0.29, 0.717) is 23.7 Å². The van der Waals surface area contributed by atoms with E-state index in [2.05, 4.69) is 18.3 Å². The number of nitrogens with one attached hydrogen (secondary N) is 1. The van der Waals surface area contributed by atoms with E-state index < -0.39 is 12.0 Å². The lowest BCUT2D eigenvalue weighted by Gasteiger charge is -2.40. The molecule has 7 heteroatoms. The predicted octanol–water partition coefficient (Wildman–Crippen LogP) is 3.27. The number of benzene rings is 2. The molecule has 0 spiro atoms. The molecule has 0 aliphatic carbocycles. The van der Waals surface area contributed by atoms with Crippen LogP contribution in [0.4, 0.5) is 5.69 Å². The van der Waals surface area contributed by atoms with Crippen molar-refractivity contribution in [3.05, 3.63) is 65.2 Å². The number of fused-ring (bicyclic) bond motifs is 1. The number of rotatable bonds is 5. The normalized spacial score (nSPS) is 19.0. The van der Waals surface area contributed by atoms with Gasteiger partial charge >= 0.3 is 5.97 Å². The Kier molecular flexibility index (Phi) is 7.08. The van der Waals surface area contributed by atoms with Crippen molar-refractivity contribution >= 4 is 23.5 Å². The lowest BCUT2D eigenvalue weighted by atomic mass is 9.90. The Hall–Kier alpha value is -3.19. The molecule has 0 aromatic heterocycles. The largest absolute Gasteiger partial charge is 0.465 e. The Morgan fingerprint density at radius 1 is 1.03 bits per heavy atom. The van der Waals surface area contributed by atoms with E-state index in [1.807, 2.05) is 28.0 Å². The van der Waals surface area contributed by atoms with Gasteiger partial charge in [-0.15, -0.1) is 0 Å². The molecule has 0 unspecified atom stereocenters. The van der Waals surface area contributed by atoms with Gasteiger partial charge in [-0.1, -0.05) is 37.3 Å². The molecule has 2 aromatic carbocycles. The summed E-state index contributed by atoms with van der Waals surface area (Å²) in [7, 11) is 1.32. The maximum atomic E-state index is 13.6. The van der Waals surface area contributed by atoms with E-state index in [-0.39, 0.29) is 18.4 Å². The maximum absolute atomic E-state index is 13.6. The van der Waals surface area contributed by atoms with Gasteiger partial charge in [0.15, 0.2) is 0 Å². The van der Waals surface area contributed by atoms with Crippen LogP contribution < -0.4 is 5.32 Å². The lowest BCUT2D eigenvalue weighted by molar-refractivity contribution is -0.139. The van der Waals surface area contributed by atoms with Crippen LogP contribution in [0.5, 0.6) is 0 Å². The minimum absolute atomic E-state index is 0.0783. The molecule has 174 valence electrons. The summed E-state index contributed by atoms with van der Waals surface area (Å²) in [6.45, 7) is 4.48. The van der Waals surface area contributed by atoms with Crippen LogP contribution >= 0.6 is 0 Å². The van der Waals surface area contributed by atoms with Gasteiger partial charge in [-0.25, -0.2) is 4.79 Å². The molecule has 2 heterocycles. The van der Waals surface area contributed by atoms with Gasteiger partial charge in [0.05, 0.1) is 19.2 Å². The summed E-state index contributed by atoms with van der Waals surface area (Å²) >= 11 is 0. The number of piperidine rings is 1. The van der Waals surface area contributed by atoms with Gasteiger partial charge in [-0.2, -0.15) is 0 Å². The fraction of sp³-hybridized carbons (Fsp3) is 0.423. The predicted molar refractivity (Wildman–Crippen MR) is 126 cm³/mol. The number of hydrogen-bond donors (Lipinski definition) is 1. The van der Waals surface area contributed by atoms with Gasteiger partial charge in [0.1, 0.15) is 6.04 Å². The van der Waals surface area contributed by atoms with Gasteiger partial charge in [0.25, 0.3) is 0 Å². The highest BCUT2D eigenvalue weighted by Gasteiger charge is 2.37. The molecule has 2 aliphatic rings. The summed E-state index contributed by atoms with van der Waals surface area (Å²) in [5.41, 5.74) is 3.05. The van der Waals surface area contributed by atoms with E-state index in [4.69, 9.17) is 4.74 Å².